The van der Waals surface area contributed by atoms with Gasteiger partial charge in [0.1, 0.15) is 13.2 Å². The molecule has 0 saturated carbocycles. The SMILES string of the molecule is COC(=O)OC/C=C\COC(=O)OC. The molecule has 0 radical (unpaired) electrons. The lowest BCUT2D eigenvalue weighted by atomic mass is 10.5. The van der Waals surface area contributed by atoms with Crippen molar-refractivity contribution in [2.75, 3.05) is 27.4 Å². The third-order valence-corrected chi connectivity index (χ3v) is 1.09. The Labute approximate surface area is 81.4 Å². The fourth-order valence-electron chi connectivity index (χ4n) is 0.486. The molecule has 0 unspecified atom stereocenters. The Balaban J connectivity index is 3.36. The Morgan fingerprint density at radius 1 is 0.929 bits per heavy atom. The molecule has 0 aromatic rings. The largest absolute Gasteiger partial charge is 0.508 e. The van der Waals surface area contributed by atoms with Gasteiger partial charge in [-0.3, -0.25) is 0 Å². The van der Waals surface area contributed by atoms with Crippen molar-refractivity contribution in [1.82, 2.24) is 0 Å². The molecular weight excluding hydrogens is 192 g/mol. The molecule has 0 N–H and O–H groups in total. The van der Waals surface area contributed by atoms with Gasteiger partial charge in [0.25, 0.3) is 0 Å². The maximum Gasteiger partial charge on any atom is 0.508 e. The first-order valence-electron chi connectivity index (χ1n) is 3.77. The molecule has 0 heterocycles. The van der Waals surface area contributed by atoms with E-state index in [9.17, 15) is 9.59 Å². The van der Waals surface area contributed by atoms with Crippen molar-refractivity contribution in [1.29, 1.82) is 0 Å². The standard InChI is InChI=1S/C8H12O6/c1-11-7(9)13-5-3-4-6-14-8(10)12-2/h3-4H,5-6H2,1-2H3/b4-3-. The quantitative estimate of drug-likeness (QED) is 0.504. The molecule has 14 heavy (non-hydrogen) atoms. The zero-order valence-corrected chi connectivity index (χ0v) is 8.02. The summed E-state index contributed by atoms with van der Waals surface area (Å²) in [5, 5.41) is 0. The van der Waals surface area contributed by atoms with E-state index in [4.69, 9.17) is 0 Å². The highest BCUT2D eigenvalue weighted by atomic mass is 16.7. The average Bonchev–Trinajstić information content (AvgIpc) is 2.22. The van der Waals surface area contributed by atoms with Crippen LogP contribution in [0.1, 0.15) is 0 Å². The van der Waals surface area contributed by atoms with Gasteiger partial charge in [0.05, 0.1) is 14.2 Å². The minimum Gasteiger partial charge on any atom is -0.438 e. The molecular formula is C8H12O6. The van der Waals surface area contributed by atoms with Gasteiger partial charge in [0.15, 0.2) is 0 Å². The monoisotopic (exact) mass is 204 g/mol. The van der Waals surface area contributed by atoms with Crippen LogP contribution in [-0.4, -0.2) is 39.7 Å². The van der Waals surface area contributed by atoms with Gasteiger partial charge in [0.2, 0.25) is 0 Å². The van der Waals surface area contributed by atoms with E-state index in [2.05, 4.69) is 18.9 Å². The van der Waals surface area contributed by atoms with Crippen molar-refractivity contribution in [2.45, 2.75) is 0 Å². The Kier molecular flexibility index (Phi) is 6.93. The maximum absolute atomic E-state index is 10.4. The minimum absolute atomic E-state index is 0.0667. The highest BCUT2D eigenvalue weighted by Gasteiger charge is 1.97. The molecule has 0 aliphatic heterocycles. The van der Waals surface area contributed by atoms with Crippen molar-refractivity contribution >= 4 is 12.3 Å². The van der Waals surface area contributed by atoms with Crippen LogP contribution in [0.25, 0.3) is 0 Å². The number of carbonyl (C=O) groups excluding carboxylic acids is 2. The van der Waals surface area contributed by atoms with Gasteiger partial charge in [-0.05, 0) is 12.2 Å². The summed E-state index contributed by atoms with van der Waals surface area (Å²) >= 11 is 0. The highest BCUT2D eigenvalue weighted by Crippen LogP contribution is 1.86. The Morgan fingerprint density at radius 3 is 1.57 bits per heavy atom. The first-order valence-corrected chi connectivity index (χ1v) is 3.77. The summed E-state index contributed by atoms with van der Waals surface area (Å²) in [6.45, 7) is 0.133. The summed E-state index contributed by atoms with van der Waals surface area (Å²) in [4.78, 5) is 20.8. The molecule has 0 spiro atoms. The van der Waals surface area contributed by atoms with Gasteiger partial charge >= 0.3 is 12.3 Å². The molecule has 0 rings (SSSR count). The zero-order valence-electron chi connectivity index (χ0n) is 8.02. The molecule has 0 saturated heterocycles. The molecule has 6 heteroatoms. The third-order valence-electron chi connectivity index (χ3n) is 1.09. The van der Waals surface area contributed by atoms with Gasteiger partial charge < -0.3 is 18.9 Å². The van der Waals surface area contributed by atoms with Gasteiger partial charge in [0, 0.05) is 0 Å². The number of rotatable bonds is 4. The second-order valence-electron chi connectivity index (χ2n) is 2.00. The summed E-state index contributed by atoms with van der Waals surface area (Å²) in [5.41, 5.74) is 0. The number of methoxy groups -OCH3 is 2. The van der Waals surface area contributed by atoms with Crippen molar-refractivity contribution in [3.63, 3.8) is 0 Å². The van der Waals surface area contributed by atoms with E-state index < -0.39 is 12.3 Å². The molecule has 0 aromatic heterocycles. The molecule has 0 aliphatic carbocycles. The van der Waals surface area contributed by atoms with Crippen LogP contribution >= 0.6 is 0 Å². The van der Waals surface area contributed by atoms with Gasteiger partial charge in [-0.1, -0.05) is 0 Å². The van der Waals surface area contributed by atoms with Gasteiger partial charge in [-0.2, -0.15) is 0 Å². The molecule has 80 valence electrons. The topological polar surface area (TPSA) is 71.1 Å². The number of hydrogen-bond donors (Lipinski definition) is 0. The number of carbonyl (C=O) groups is 2. The first-order chi connectivity index (χ1) is 6.70. The second-order valence-corrected chi connectivity index (χ2v) is 2.00. The van der Waals surface area contributed by atoms with E-state index in [1.54, 1.807) is 0 Å². The minimum atomic E-state index is -0.761. The Bertz CT molecular complexity index is 188. The van der Waals surface area contributed by atoms with Crippen LogP contribution in [0.15, 0.2) is 12.2 Å². The molecule has 0 amide bonds. The lowest BCUT2D eigenvalue weighted by Gasteiger charge is -1.99. The first kappa shape index (κ1) is 12.3. The fourth-order valence-corrected chi connectivity index (χ4v) is 0.486. The average molecular weight is 204 g/mol. The molecule has 0 bridgehead atoms. The second kappa shape index (κ2) is 7.90. The molecule has 0 aromatic carbocycles. The van der Waals surface area contributed by atoms with E-state index in [0.29, 0.717) is 0 Å². The Morgan fingerprint density at radius 2 is 1.29 bits per heavy atom. The molecule has 0 atom stereocenters. The summed E-state index contributed by atoms with van der Waals surface area (Å²) in [6, 6.07) is 0. The van der Waals surface area contributed by atoms with Crippen LogP contribution in [0, 0.1) is 0 Å². The summed E-state index contributed by atoms with van der Waals surface area (Å²) < 4.78 is 17.4. The van der Waals surface area contributed by atoms with Crippen LogP contribution < -0.4 is 0 Å². The highest BCUT2D eigenvalue weighted by molar-refractivity contribution is 5.60. The van der Waals surface area contributed by atoms with E-state index in [-0.39, 0.29) is 13.2 Å². The summed E-state index contributed by atoms with van der Waals surface area (Å²) in [5.74, 6) is 0. The van der Waals surface area contributed by atoms with Crippen molar-refractivity contribution in [3.05, 3.63) is 12.2 Å². The van der Waals surface area contributed by atoms with Crippen LogP contribution in [0.5, 0.6) is 0 Å². The van der Waals surface area contributed by atoms with Crippen molar-refractivity contribution in [3.8, 4) is 0 Å². The zero-order chi connectivity index (χ0) is 10.8. The van der Waals surface area contributed by atoms with E-state index in [1.807, 2.05) is 0 Å². The van der Waals surface area contributed by atoms with Crippen molar-refractivity contribution in [2.24, 2.45) is 0 Å². The van der Waals surface area contributed by atoms with Crippen LogP contribution in [0.4, 0.5) is 9.59 Å². The van der Waals surface area contributed by atoms with Crippen LogP contribution in [0.3, 0.4) is 0 Å². The predicted molar refractivity (Wildman–Crippen MR) is 45.9 cm³/mol. The molecule has 0 aliphatic rings. The van der Waals surface area contributed by atoms with Crippen molar-refractivity contribution < 1.29 is 28.5 Å². The summed E-state index contributed by atoms with van der Waals surface area (Å²) in [6.07, 6.45) is 1.51. The smallest absolute Gasteiger partial charge is 0.438 e. The lowest BCUT2D eigenvalue weighted by molar-refractivity contribution is 0.0782. The third kappa shape index (κ3) is 6.96. The number of hydrogen-bond acceptors (Lipinski definition) is 6. The van der Waals surface area contributed by atoms with Gasteiger partial charge in [-0.15, -0.1) is 0 Å². The number of ether oxygens (including phenoxy) is 4. The Hall–Kier alpha value is -1.72. The maximum atomic E-state index is 10.4. The van der Waals surface area contributed by atoms with Crippen LogP contribution in [0.2, 0.25) is 0 Å². The fraction of sp³-hybridized carbons (Fsp3) is 0.500. The van der Waals surface area contributed by atoms with E-state index in [0.717, 1.165) is 0 Å². The van der Waals surface area contributed by atoms with E-state index >= 15 is 0 Å². The molecule has 0 fully saturated rings. The van der Waals surface area contributed by atoms with Crippen LogP contribution in [-0.2, 0) is 18.9 Å². The lowest BCUT2D eigenvalue weighted by Crippen LogP contribution is -2.05. The van der Waals surface area contributed by atoms with Gasteiger partial charge in [-0.25, -0.2) is 9.59 Å². The predicted octanol–water partition coefficient (Wildman–Crippen LogP) is 1.11. The molecule has 6 nitrogen and oxygen atoms in total. The normalized spacial score (nSPS) is 9.57. The van der Waals surface area contributed by atoms with E-state index in [1.165, 1.54) is 26.4 Å². The summed E-state index contributed by atoms with van der Waals surface area (Å²) in [7, 11) is 2.43.